The number of H-pyrrole nitrogens is 1. The van der Waals surface area contributed by atoms with Crippen molar-refractivity contribution < 1.29 is 9.90 Å². The van der Waals surface area contributed by atoms with Gasteiger partial charge in [0, 0.05) is 55.9 Å². The van der Waals surface area contributed by atoms with Gasteiger partial charge in [-0.1, -0.05) is 0 Å². The van der Waals surface area contributed by atoms with Crippen LogP contribution in [-0.4, -0.2) is 82.1 Å². The quantitative estimate of drug-likeness (QED) is 0.571. The second-order valence-electron chi connectivity index (χ2n) is 7.06. The number of aromatic carboxylic acids is 1. The summed E-state index contributed by atoms with van der Waals surface area (Å²) >= 11 is 0. The first-order valence-electron chi connectivity index (χ1n) is 9.26. The predicted molar refractivity (Wildman–Crippen MR) is 105 cm³/mol. The number of rotatable bonds is 6. The molecule has 0 atom stereocenters. The summed E-state index contributed by atoms with van der Waals surface area (Å²) in [7, 11) is 2.16. The van der Waals surface area contributed by atoms with E-state index in [0.29, 0.717) is 5.52 Å². The number of aromatic nitrogens is 3. The summed E-state index contributed by atoms with van der Waals surface area (Å²) in [6, 6.07) is 3.46. The minimum absolute atomic E-state index is 0.142. The minimum atomic E-state index is -0.989. The molecular formula is C19H24N6O2. The van der Waals surface area contributed by atoms with Gasteiger partial charge in [-0.15, -0.1) is 0 Å². The molecule has 0 aromatic carbocycles. The van der Waals surface area contributed by atoms with Crippen molar-refractivity contribution in [3.63, 3.8) is 0 Å². The van der Waals surface area contributed by atoms with Crippen molar-refractivity contribution >= 4 is 33.6 Å². The van der Waals surface area contributed by atoms with E-state index in [1.165, 1.54) is 0 Å². The van der Waals surface area contributed by atoms with E-state index in [1.54, 1.807) is 18.5 Å². The Morgan fingerprint density at radius 2 is 2.11 bits per heavy atom. The zero-order valence-electron chi connectivity index (χ0n) is 15.4. The molecule has 27 heavy (non-hydrogen) atoms. The molecule has 0 radical (unpaired) electrons. The Morgan fingerprint density at radius 3 is 2.89 bits per heavy atom. The molecule has 0 saturated carbocycles. The Balaban J connectivity index is 1.49. The first kappa shape index (κ1) is 17.7. The number of carboxylic acids is 1. The normalized spacial score (nSPS) is 16.2. The van der Waals surface area contributed by atoms with Crippen LogP contribution in [0.1, 0.15) is 16.9 Å². The summed E-state index contributed by atoms with van der Waals surface area (Å²) < 4.78 is 0. The molecule has 8 heteroatoms. The third-order valence-corrected chi connectivity index (χ3v) is 5.14. The van der Waals surface area contributed by atoms with Crippen LogP contribution in [0.3, 0.4) is 0 Å². The highest BCUT2D eigenvalue weighted by Crippen LogP contribution is 2.28. The van der Waals surface area contributed by atoms with Gasteiger partial charge >= 0.3 is 5.97 Å². The molecule has 1 saturated heterocycles. The molecule has 3 N–H and O–H groups in total. The van der Waals surface area contributed by atoms with Gasteiger partial charge in [0.2, 0.25) is 0 Å². The lowest BCUT2D eigenvalue weighted by Crippen LogP contribution is -2.44. The number of carboxylic acid groups (broad SMARTS) is 1. The monoisotopic (exact) mass is 368 g/mol. The van der Waals surface area contributed by atoms with E-state index in [1.807, 2.05) is 6.07 Å². The average Bonchev–Trinajstić information content (AvgIpc) is 3.11. The number of aromatic amines is 1. The Hall–Kier alpha value is -2.71. The number of carbonyl (C=O) groups is 1. The van der Waals surface area contributed by atoms with Crippen LogP contribution in [0.2, 0.25) is 0 Å². The molecule has 1 aliphatic heterocycles. The number of piperazine rings is 1. The van der Waals surface area contributed by atoms with Gasteiger partial charge < -0.3 is 25.2 Å². The Kier molecular flexibility index (Phi) is 4.91. The molecule has 3 aromatic rings. The second kappa shape index (κ2) is 7.50. The molecule has 8 nitrogen and oxygen atoms in total. The van der Waals surface area contributed by atoms with Crippen LogP contribution in [-0.2, 0) is 0 Å². The molecular weight excluding hydrogens is 344 g/mol. The van der Waals surface area contributed by atoms with E-state index >= 15 is 0 Å². The lowest BCUT2D eigenvalue weighted by molar-refractivity contribution is 0.0691. The summed E-state index contributed by atoms with van der Waals surface area (Å²) in [4.78, 5) is 27.9. The number of anilines is 1. The van der Waals surface area contributed by atoms with Gasteiger partial charge in [-0.3, -0.25) is 4.98 Å². The summed E-state index contributed by atoms with van der Waals surface area (Å²) in [5.74, 6) is -0.239. The summed E-state index contributed by atoms with van der Waals surface area (Å²) in [5.41, 5.74) is 1.52. The molecule has 0 unspecified atom stereocenters. The van der Waals surface area contributed by atoms with Crippen molar-refractivity contribution in [1.82, 2.24) is 24.8 Å². The fourth-order valence-corrected chi connectivity index (χ4v) is 3.55. The van der Waals surface area contributed by atoms with Gasteiger partial charge in [-0.25, -0.2) is 9.78 Å². The van der Waals surface area contributed by atoms with Gasteiger partial charge in [0.05, 0.1) is 11.0 Å². The SMILES string of the molecule is CN1CCN(CCCNc2nc3cc(C(=O)O)[nH]c3c3ccncc23)CC1. The number of hydrogen-bond acceptors (Lipinski definition) is 6. The fourth-order valence-electron chi connectivity index (χ4n) is 3.55. The van der Waals surface area contributed by atoms with Gasteiger partial charge in [0.1, 0.15) is 11.5 Å². The van der Waals surface area contributed by atoms with Gasteiger partial charge in [0.15, 0.2) is 0 Å². The van der Waals surface area contributed by atoms with E-state index in [2.05, 4.69) is 37.1 Å². The van der Waals surface area contributed by atoms with E-state index in [9.17, 15) is 9.90 Å². The van der Waals surface area contributed by atoms with E-state index in [4.69, 9.17) is 0 Å². The third kappa shape index (κ3) is 3.72. The maximum atomic E-state index is 11.3. The van der Waals surface area contributed by atoms with Crippen LogP contribution in [0.25, 0.3) is 21.8 Å². The highest BCUT2D eigenvalue weighted by molar-refractivity contribution is 6.09. The van der Waals surface area contributed by atoms with Gasteiger partial charge in [-0.2, -0.15) is 0 Å². The zero-order chi connectivity index (χ0) is 18.8. The molecule has 3 aromatic heterocycles. The molecule has 4 rings (SSSR count). The molecule has 0 amide bonds. The van der Waals surface area contributed by atoms with Crippen molar-refractivity contribution in [2.45, 2.75) is 6.42 Å². The minimum Gasteiger partial charge on any atom is -0.477 e. The van der Waals surface area contributed by atoms with Crippen molar-refractivity contribution in [3.05, 3.63) is 30.2 Å². The molecule has 1 fully saturated rings. The van der Waals surface area contributed by atoms with Crippen LogP contribution in [0.5, 0.6) is 0 Å². The van der Waals surface area contributed by atoms with Crippen LogP contribution < -0.4 is 5.32 Å². The lowest BCUT2D eigenvalue weighted by Gasteiger charge is -2.32. The zero-order valence-corrected chi connectivity index (χ0v) is 15.4. The number of nitrogens with one attached hydrogen (secondary N) is 2. The standard InChI is InChI=1S/C19H24N6O2/c1-24-7-9-25(10-8-24)6-2-4-21-18-14-12-20-5-3-13(14)17-15(23-18)11-16(22-17)19(26)27/h3,5,11-12,22H,2,4,6-10H2,1H3,(H,21,23)(H,26,27). The van der Waals surface area contributed by atoms with E-state index in [-0.39, 0.29) is 5.69 Å². The number of pyridine rings is 2. The van der Waals surface area contributed by atoms with Crippen molar-refractivity contribution in [2.24, 2.45) is 0 Å². The van der Waals surface area contributed by atoms with Crippen molar-refractivity contribution in [3.8, 4) is 0 Å². The predicted octanol–water partition coefficient (Wildman–Crippen LogP) is 1.86. The number of fused-ring (bicyclic) bond motifs is 3. The highest BCUT2D eigenvalue weighted by Gasteiger charge is 2.15. The highest BCUT2D eigenvalue weighted by atomic mass is 16.4. The smallest absolute Gasteiger partial charge is 0.352 e. The Bertz CT molecular complexity index is 961. The molecule has 0 aliphatic carbocycles. The van der Waals surface area contributed by atoms with Gasteiger partial charge in [0.25, 0.3) is 0 Å². The van der Waals surface area contributed by atoms with Crippen LogP contribution >= 0.6 is 0 Å². The maximum Gasteiger partial charge on any atom is 0.352 e. The van der Waals surface area contributed by atoms with E-state index in [0.717, 1.165) is 67.8 Å². The summed E-state index contributed by atoms with van der Waals surface area (Å²) in [6.45, 7) is 6.37. The number of hydrogen-bond donors (Lipinski definition) is 3. The Labute approximate surface area is 157 Å². The van der Waals surface area contributed by atoms with Crippen molar-refractivity contribution in [2.75, 3.05) is 51.6 Å². The van der Waals surface area contributed by atoms with Crippen LogP contribution in [0.15, 0.2) is 24.5 Å². The van der Waals surface area contributed by atoms with Crippen molar-refractivity contribution in [1.29, 1.82) is 0 Å². The molecule has 142 valence electrons. The van der Waals surface area contributed by atoms with Crippen LogP contribution in [0, 0.1) is 0 Å². The van der Waals surface area contributed by atoms with Crippen LogP contribution in [0.4, 0.5) is 5.82 Å². The maximum absolute atomic E-state index is 11.3. The Morgan fingerprint density at radius 1 is 1.30 bits per heavy atom. The molecule has 0 spiro atoms. The summed E-state index contributed by atoms with van der Waals surface area (Å²) in [6.07, 6.45) is 4.50. The third-order valence-electron chi connectivity index (χ3n) is 5.14. The number of nitrogens with zero attached hydrogens (tertiary/aromatic N) is 4. The molecule has 1 aliphatic rings. The number of likely N-dealkylation sites (N-methyl/N-ethyl adjacent to an activating group) is 1. The largest absolute Gasteiger partial charge is 0.477 e. The fraction of sp³-hybridized carbons (Fsp3) is 0.421. The molecule has 4 heterocycles. The first-order chi connectivity index (χ1) is 13.1. The molecule has 0 bridgehead atoms. The first-order valence-corrected chi connectivity index (χ1v) is 9.26. The van der Waals surface area contributed by atoms with E-state index < -0.39 is 5.97 Å². The summed E-state index contributed by atoms with van der Waals surface area (Å²) in [5, 5.41) is 14.5. The van der Waals surface area contributed by atoms with Gasteiger partial charge in [-0.05, 0) is 32.1 Å². The average molecular weight is 368 g/mol. The lowest BCUT2D eigenvalue weighted by atomic mass is 10.2. The second-order valence-corrected chi connectivity index (χ2v) is 7.06. The topological polar surface area (TPSA) is 97.4 Å².